The van der Waals surface area contributed by atoms with Gasteiger partial charge in [0.15, 0.2) is 0 Å². The summed E-state index contributed by atoms with van der Waals surface area (Å²) in [4.78, 5) is 23.7. The molecule has 0 saturated heterocycles. The van der Waals surface area contributed by atoms with Gasteiger partial charge in [-0.1, -0.05) is 13.8 Å². The van der Waals surface area contributed by atoms with Crippen molar-refractivity contribution in [3.8, 4) is 5.75 Å². The van der Waals surface area contributed by atoms with Crippen LogP contribution in [0.2, 0.25) is 0 Å². The van der Waals surface area contributed by atoms with E-state index < -0.39 is 12.1 Å². The van der Waals surface area contributed by atoms with Crippen LogP contribution in [0.5, 0.6) is 5.75 Å². The molecule has 1 unspecified atom stereocenters. The lowest BCUT2D eigenvalue weighted by Gasteiger charge is -2.21. The fourth-order valence-corrected chi connectivity index (χ4v) is 1.73. The number of benzene rings is 1. The molecule has 0 aliphatic heterocycles. The molecule has 1 rings (SSSR count). The topological polar surface area (TPSA) is 76.7 Å². The average molecular weight is 294 g/mol. The van der Waals surface area contributed by atoms with Gasteiger partial charge in [-0.2, -0.15) is 0 Å². The maximum atomic E-state index is 12.2. The quantitative estimate of drug-likeness (QED) is 0.844. The molecule has 21 heavy (non-hydrogen) atoms. The zero-order valence-corrected chi connectivity index (χ0v) is 12.8. The van der Waals surface area contributed by atoms with Crippen molar-refractivity contribution in [2.24, 2.45) is 5.92 Å². The first-order valence-electron chi connectivity index (χ1n) is 6.86. The molecule has 6 heteroatoms. The van der Waals surface area contributed by atoms with Crippen LogP contribution in [0.4, 0.5) is 10.5 Å². The fraction of sp³-hybridized carbons (Fsp3) is 0.467. The molecule has 0 saturated carbocycles. The molecular formula is C15H22N2O4. The number of hydrogen-bond acceptors (Lipinski definition) is 4. The number of ether oxygens (including phenoxy) is 2. The van der Waals surface area contributed by atoms with Gasteiger partial charge in [0.1, 0.15) is 11.8 Å². The third-order valence-electron chi connectivity index (χ3n) is 2.86. The van der Waals surface area contributed by atoms with Gasteiger partial charge in [-0.05, 0) is 37.1 Å². The first-order valence-corrected chi connectivity index (χ1v) is 6.86. The number of nitrogens with one attached hydrogen (secondary N) is 2. The molecule has 0 fully saturated rings. The Bertz CT molecular complexity index is 471. The number of anilines is 1. The van der Waals surface area contributed by atoms with E-state index in [0.29, 0.717) is 11.4 Å². The Kier molecular flexibility index (Phi) is 6.52. The van der Waals surface area contributed by atoms with Crippen LogP contribution in [-0.2, 0) is 9.53 Å². The minimum atomic E-state index is -0.661. The van der Waals surface area contributed by atoms with E-state index in [1.54, 1.807) is 38.3 Å². The molecule has 0 spiro atoms. The van der Waals surface area contributed by atoms with Gasteiger partial charge in [0.2, 0.25) is 5.91 Å². The smallest absolute Gasteiger partial charge is 0.407 e. The largest absolute Gasteiger partial charge is 0.497 e. The molecule has 0 heterocycles. The summed E-state index contributed by atoms with van der Waals surface area (Å²) >= 11 is 0. The highest BCUT2D eigenvalue weighted by Gasteiger charge is 2.24. The van der Waals surface area contributed by atoms with Gasteiger partial charge < -0.3 is 20.1 Å². The van der Waals surface area contributed by atoms with Crippen molar-refractivity contribution in [1.29, 1.82) is 0 Å². The lowest BCUT2D eigenvalue weighted by molar-refractivity contribution is -0.119. The van der Waals surface area contributed by atoms with Crippen molar-refractivity contribution < 1.29 is 19.1 Å². The molecule has 0 aliphatic carbocycles. The van der Waals surface area contributed by atoms with Crippen LogP contribution in [0.1, 0.15) is 20.8 Å². The molecular weight excluding hydrogens is 272 g/mol. The molecule has 1 aromatic rings. The van der Waals surface area contributed by atoms with Crippen LogP contribution in [0, 0.1) is 5.92 Å². The number of hydrogen-bond donors (Lipinski definition) is 2. The zero-order valence-electron chi connectivity index (χ0n) is 12.8. The van der Waals surface area contributed by atoms with Gasteiger partial charge >= 0.3 is 6.09 Å². The van der Waals surface area contributed by atoms with Crippen LogP contribution in [0.15, 0.2) is 24.3 Å². The molecule has 0 aromatic heterocycles. The zero-order chi connectivity index (χ0) is 15.8. The Balaban J connectivity index is 2.69. The van der Waals surface area contributed by atoms with Gasteiger partial charge in [-0.15, -0.1) is 0 Å². The lowest BCUT2D eigenvalue weighted by atomic mass is 10.0. The first-order chi connectivity index (χ1) is 9.97. The predicted molar refractivity (Wildman–Crippen MR) is 80.4 cm³/mol. The molecule has 0 aliphatic rings. The molecule has 1 aromatic carbocycles. The maximum Gasteiger partial charge on any atom is 0.407 e. The van der Waals surface area contributed by atoms with Gasteiger partial charge in [0.05, 0.1) is 13.7 Å². The third kappa shape index (κ3) is 5.33. The summed E-state index contributed by atoms with van der Waals surface area (Å²) in [6, 6.07) is 6.31. The van der Waals surface area contributed by atoms with Crippen LogP contribution in [-0.4, -0.2) is 31.8 Å². The van der Waals surface area contributed by atoms with E-state index in [1.807, 2.05) is 13.8 Å². The van der Waals surface area contributed by atoms with Crippen LogP contribution >= 0.6 is 0 Å². The molecule has 1 atom stereocenters. The molecule has 116 valence electrons. The second-order valence-corrected chi connectivity index (χ2v) is 4.80. The minimum Gasteiger partial charge on any atom is -0.497 e. The number of alkyl carbamates (subject to hydrolysis) is 1. The number of methoxy groups -OCH3 is 1. The van der Waals surface area contributed by atoms with E-state index in [0.717, 1.165) is 0 Å². The Hall–Kier alpha value is -2.24. The van der Waals surface area contributed by atoms with E-state index in [4.69, 9.17) is 9.47 Å². The molecule has 0 radical (unpaired) electrons. The summed E-state index contributed by atoms with van der Waals surface area (Å²) in [6.07, 6.45) is -0.596. The van der Waals surface area contributed by atoms with Crippen LogP contribution in [0.3, 0.4) is 0 Å². The molecule has 0 bridgehead atoms. The van der Waals surface area contributed by atoms with Gasteiger partial charge in [-0.3, -0.25) is 4.79 Å². The van der Waals surface area contributed by atoms with Crippen molar-refractivity contribution in [2.45, 2.75) is 26.8 Å². The second-order valence-electron chi connectivity index (χ2n) is 4.80. The van der Waals surface area contributed by atoms with Crippen molar-refractivity contribution in [1.82, 2.24) is 5.32 Å². The highest BCUT2D eigenvalue weighted by atomic mass is 16.5. The van der Waals surface area contributed by atoms with Crippen molar-refractivity contribution >= 4 is 17.7 Å². The standard InChI is InChI=1S/C15H22N2O4/c1-5-21-15(19)17-13(10(2)3)14(18)16-11-6-8-12(20-4)9-7-11/h6-10,13H,5H2,1-4H3,(H,16,18)(H,17,19). The highest BCUT2D eigenvalue weighted by molar-refractivity contribution is 5.96. The number of amides is 2. The summed E-state index contributed by atoms with van der Waals surface area (Å²) in [6.45, 7) is 5.67. The van der Waals surface area contributed by atoms with Gasteiger partial charge in [0, 0.05) is 5.69 Å². The summed E-state index contributed by atoms with van der Waals surface area (Å²) in [5, 5.41) is 5.32. The van der Waals surface area contributed by atoms with Gasteiger partial charge in [-0.25, -0.2) is 4.79 Å². The van der Waals surface area contributed by atoms with E-state index in [1.165, 1.54) is 0 Å². The van der Waals surface area contributed by atoms with Crippen LogP contribution in [0.25, 0.3) is 0 Å². The Labute approximate surface area is 124 Å². The lowest BCUT2D eigenvalue weighted by Crippen LogP contribution is -2.47. The summed E-state index contributed by atoms with van der Waals surface area (Å²) < 4.78 is 9.86. The first kappa shape index (κ1) is 16.8. The molecule has 6 nitrogen and oxygen atoms in total. The summed E-state index contributed by atoms with van der Waals surface area (Å²) in [5.74, 6) is 0.355. The van der Waals surface area contributed by atoms with E-state index in [9.17, 15) is 9.59 Å². The summed E-state index contributed by atoms with van der Waals surface area (Å²) in [5.41, 5.74) is 0.636. The molecule has 2 amide bonds. The van der Waals surface area contributed by atoms with E-state index in [2.05, 4.69) is 10.6 Å². The maximum absolute atomic E-state index is 12.2. The number of carbonyl (C=O) groups excluding carboxylic acids is 2. The number of carbonyl (C=O) groups is 2. The Morgan fingerprint density at radius 2 is 1.81 bits per heavy atom. The van der Waals surface area contributed by atoms with E-state index >= 15 is 0 Å². The Morgan fingerprint density at radius 1 is 1.19 bits per heavy atom. The SMILES string of the molecule is CCOC(=O)NC(C(=O)Nc1ccc(OC)cc1)C(C)C. The Morgan fingerprint density at radius 3 is 2.29 bits per heavy atom. The summed E-state index contributed by atoms with van der Waals surface area (Å²) in [7, 11) is 1.58. The predicted octanol–water partition coefficient (Wildman–Crippen LogP) is 2.40. The average Bonchev–Trinajstić information content (AvgIpc) is 2.45. The fourth-order valence-electron chi connectivity index (χ4n) is 1.73. The van der Waals surface area contributed by atoms with Gasteiger partial charge in [0.25, 0.3) is 0 Å². The monoisotopic (exact) mass is 294 g/mol. The highest BCUT2D eigenvalue weighted by Crippen LogP contribution is 2.16. The second kappa shape index (κ2) is 8.14. The van der Waals surface area contributed by atoms with Crippen molar-refractivity contribution in [3.63, 3.8) is 0 Å². The minimum absolute atomic E-state index is 0.0624. The van der Waals surface area contributed by atoms with Crippen LogP contribution < -0.4 is 15.4 Å². The normalized spacial score (nSPS) is 11.7. The van der Waals surface area contributed by atoms with Crippen molar-refractivity contribution in [2.75, 3.05) is 19.0 Å². The van der Waals surface area contributed by atoms with E-state index in [-0.39, 0.29) is 18.4 Å². The number of rotatable bonds is 6. The molecule has 2 N–H and O–H groups in total. The van der Waals surface area contributed by atoms with Crippen molar-refractivity contribution in [3.05, 3.63) is 24.3 Å². The third-order valence-corrected chi connectivity index (χ3v) is 2.86.